The summed E-state index contributed by atoms with van der Waals surface area (Å²) in [6, 6.07) is 0. The number of hydrogen-bond donors (Lipinski definition) is 5. The first-order valence-corrected chi connectivity index (χ1v) is 14.1. The van der Waals surface area contributed by atoms with E-state index in [1.807, 2.05) is 13.8 Å². The number of allylic oxidation sites excluding steroid dienone is 1. The van der Waals surface area contributed by atoms with Crippen LogP contribution < -0.4 is 0 Å². The Morgan fingerprint density at radius 2 is 1.66 bits per heavy atom. The van der Waals surface area contributed by atoms with Crippen LogP contribution in [0.25, 0.3) is 0 Å². The van der Waals surface area contributed by atoms with Gasteiger partial charge in [0.1, 0.15) is 0 Å². The molecule has 3 aliphatic rings. The maximum Gasteiger partial charge on any atom is 0.0822 e. The molecule has 3 aliphatic carbocycles. The highest BCUT2D eigenvalue weighted by Crippen LogP contribution is 2.73. The zero-order valence-electron chi connectivity index (χ0n) is 23.6. The first-order chi connectivity index (χ1) is 16.1. The molecule has 9 atom stereocenters. The lowest BCUT2D eigenvalue weighted by molar-refractivity contribution is -0.203. The summed E-state index contributed by atoms with van der Waals surface area (Å²) in [6.07, 6.45) is 3.87. The molecule has 0 heterocycles. The van der Waals surface area contributed by atoms with Gasteiger partial charge in [-0.1, -0.05) is 66.5 Å². The van der Waals surface area contributed by atoms with Gasteiger partial charge < -0.3 is 25.5 Å². The number of fused-ring (bicyclic) bond motifs is 3. The molecule has 2 saturated carbocycles. The van der Waals surface area contributed by atoms with E-state index in [4.69, 9.17) is 0 Å². The summed E-state index contributed by atoms with van der Waals surface area (Å²) in [7, 11) is 0. The lowest BCUT2D eigenvalue weighted by atomic mass is 9.37. The molecule has 0 saturated heterocycles. The Labute approximate surface area is 214 Å². The van der Waals surface area contributed by atoms with Gasteiger partial charge in [-0.3, -0.25) is 0 Å². The van der Waals surface area contributed by atoms with Gasteiger partial charge in [0.05, 0.1) is 18.3 Å². The van der Waals surface area contributed by atoms with Gasteiger partial charge in [0.25, 0.3) is 0 Å². The van der Waals surface area contributed by atoms with E-state index in [1.54, 1.807) is 0 Å². The Hall–Kier alpha value is -0.460. The fourth-order valence-corrected chi connectivity index (χ4v) is 9.31. The van der Waals surface area contributed by atoms with Crippen LogP contribution in [-0.4, -0.2) is 57.1 Å². The van der Waals surface area contributed by atoms with Crippen molar-refractivity contribution in [1.82, 2.24) is 0 Å². The fourth-order valence-electron chi connectivity index (χ4n) is 9.31. The highest BCUT2D eigenvalue weighted by molar-refractivity contribution is 5.37. The smallest absolute Gasteiger partial charge is 0.0822 e. The van der Waals surface area contributed by atoms with Crippen molar-refractivity contribution in [3.63, 3.8) is 0 Å². The van der Waals surface area contributed by atoms with E-state index in [0.717, 1.165) is 25.7 Å². The van der Waals surface area contributed by atoms with Crippen LogP contribution in [0.4, 0.5) is 0 Å². The van der Waals surface area contributed by atoms with Crippen LogP contribution >= 0.6 is 0 Å². The van der Waals surface area contributed by atoms with E-state index in [9.17, 15) is 25.5 Å². The summed E-state index contributed by atoms with van der Waals surface area (Å²) < 4.78 is 0. The molecule has 2 fully saturated rings. The van der Waals surface area contributed by atoms with E-state index in [0.29, 0.717) is 19.3 Å². The van der Waals surface area contributed by atoms with Gasteiger partial charge >= 0.3 is 0 Å². The maximum absolute atomic E-state index is 11.8. The number of rotatable bonds is 9. The molecular formula is C30H54O5. The lowest BCUT2D eigenvalue weighted by Gasteiger charge is -2.67. The van der Waals surface area contributed by atoms with Crippen molar-refractivity contribution >= 4 is 0 Å². The average Bonchev–Trinajstić information content (AvgIpc) is 3.11. The van der Waals surface area contributed by atoms with Crippen LogP contribution in [-0.2, 0) is 0 Å². The number of aliphatic hydroxyl groups is 5. The molecule has 0 aromatic carbocycles. The van der Waals surface area contributed by atoms with E-state index in [-0.39, 0.29) is 58.5 Å². The SMILES string of the molecule is CC(C)[C@H](O)[C@@H](O)C[C@@H](C)C1=C2C[C@H](O)[C@H]3[C@@](C)(CCO)C(C(C)(C)CO)CC[C@]3(C)[C@@]2(C)CC1. The Kier molecular flexibility index (Phi) is 8.33. The molecule has 204 valence electrons. The van der Waals surface area contributed by atoms with Gasteiger partial charge in [0.15, 0.2) is 0 Å². The molecule has 0 amide bonds. The Balaban J connectivity index is 2.01. The van der Waals surface area contributed by atoms with Crippen LogP contribution in [0.2, 0.25) is 0 Å². The quantitative estimate of drug-likeness (QED) is 0.299. The Bertz CT molecular complexity index is 790. The second kappa shape index (κ2) is 10.0. The standard InChI is InChI=1S/C30H54O5/c1-18(2)25(35)22(33)15-19(3)20-9-11-29(7)21(20)16-23(34)26-28(6,13-14-31)24(27(4,5)17-32)10-12-30(26,29)8/h18-19,22-26,31-35H,9-17H2,1-8H3/t19-,22+,23+,24?,25+,26+,28+,29+,30+/m1/s1. The summed E-state index contributed by atoms with van der Waals surface area (Å²) in [5.74, 6) is 0.448. The van der Waals surface area contributed by atoms with Crippen molar-refractivity contribution in [2.45, 2.75) is 119 Å². The molecule has 1 unspecified atom stereocenters. The zero-order valence-corrected chi connectivity index (χ0v) is 23.6. The van der Waals surface area contributed by atoms with E-state index >= 15 is 0 Å². The highest BCUT2D eigenvalue weighted by atomic mass is 16.3. The summed E-state index contributed by atoms with van der Waals surface area (Å²) in [6.45, 7) is 17.5. The van der Waals surface area contributed by atoms with Crippen LogP contribution in [0, 0.1) is 45.3 Å². The average molecular weight is 495 g/mol. The normalized spacial score (nSPS) is 40.5. The van der Waals surface area contributed by atoms with E-state index < -0.39 is 18.3 Å². The van der Waals surface area contributed by atoms with Crippen molar-refractivity contribution in [3.05, 3.63) is 11.1 Å². The maximum atomic E-state index is 11.8. The third kappa shape index (κ3) is 4.56. The molecule has 5 N–H and O–H groups in total. The van der Waals surface area contributed by atoms with Crippen LogP contribution in [0.1, 0.15) is 100 Å². The summed E-state index contributed by atoms with van der Waals surface area (Å²) in [5.41, 5.74) is 2.08. The van der Waals surface area contributed by atoms with Gasteiger partial charge in [0.2, 0.25) is 0 Å². The first-order valence-electron chi connectivity index (χ1n) is 14.1. The minimum Gasteiger partial charge on any atom is -0.396 e. The zero-order chi connectivity index (χ0) is 26.6. The Morgan fingerprint density at radius 1 is 1.03 bits per heavy atom. The molecule has 35 heavy (non-hydrogen) atoms. The number of hydrogen-bond acceptors (Lipinski definition) is 5. The second-order valence-corrected chi connectivity index (χ2v) is 14.2. The predicted octanol–water partition coefficient (Wildman–Crippen LogP) is 4.69. The molecule has 5 heteroatoms. The van der Waals surface area contributed by atoms with Gasteiger partial charge in [-0.2, -0.15) is 0 Å². The summed E-state index contributed by atoms with van der Waals surface area (Å²) in [5, 5.41) is 53.2. The monoisotopic (exact) mass is 494 g/mol. The molecule has 0 aliphatic heterocycles. The van der Waals surface area contributed by atoms with Crippen molar-refractivity contribution in [1.29, 1.82) is 0 Å². The highest BCUT2D eigenvalue weighted by Gasteiger charge is 2.67. The Morgan fingerprint density at radius 3 is 2.20 bits per heavy atom. The van der Waals surface area contributed by atoms with Gasteiger partial charge in [-0.05, 0) is 90.3 Å². The van der Waals surface area contributed by atoms with Crippen molar-refractivity contribution in [2.24, 2.45) is 45.3 Å². The molecule has 0 aromatic rings. The largest absolute Gasteiger partial charge is 0.396 e. The van der Waals surface area contributed by atoms with Gasteiger partial charge in [-0.25, -0.2) is 0 Å². The van der Waals surface area contributed by atoms with Gasteiger partial charge in [-0.15, -0.1) is 0 Å². The minimum atomic E-state index is -0.745. The molecular weight excluding hydrogens is 440 g/mol. The molecule has 0 bridgehead atoms. The molecule has 0 radical (unpaired) electrons. The van der Waals surface area contributed by atoms with Crippen LogP contribution in [0.15, 0.2) is 11.1 Å². The van der Waals surface area contributed by atoms with Crippen molar-refractivity contribution in [3.8, 4) is 0 Å². The molecule has 0 spiro atoms. The number of aliphatic hydroxyl groups excluding tert-OH is 5. The topological polar surface area (TPSA) is 101 Å². The van der Waals surface area contributed by atoms with E-state index in [1.165, 1.54) is 11.1 Å². The predicted molar refractivity (Wildman–Crippen MR) is 141 cm³/mol. The molecule has 3 rings (SSSR count). The summed E-state index contributed by atoms with van der Waals surface area (Å²) >= 11 is 0. The lowest BCUT2D eigenvalue weighted by Crippen LogP contribution is -2.64. The van der Waals surface area contributed by atoms with Crippen LogP contribution in [0.3, 0.4) is 0 Å². The fraction of sp³-hybridized carbons (Fsp3) is 0.933. The molecule has 5 nitrogen and oxygen atoms in total. The molecule has 0 aromatic heterocycles. The van der Waals surface area contributed by atoms with E-state index in [2.05, 4.69) is 41.5 Å². The van der Waals surface area contributed by atoms with Crippen LogP contribution in [0.5, 0.6) is 0 Å². The second-order valence-electron chi connectivity index (χ2n) is 14.2. The summed E-state index contributed by atoms with van der Waals surface area (Å²) in [4.78, 5) is 0. The minimum absolute atomic E-state index is 0.0161. The third-order valence-corrected chi connectivity index (χ3v) is 11.4. The van der Waals surface area contributed by atoms with Crippen molar-refractivity contribution < 1.29 is 25.5 Å². The van der Waals surface area contributed by atoms with Crippen molar-refractivity contribution in [2.75, 3.05) is 13.2 Å². The van der Waals surface area contributed by atoms with Gasteiger partial charge in [0, 0.05) is 13.2 Å². The first kappa shape index (κ1) is 29.1. The third-order valence-electron chi connectivity index (χ3n) is 11.4.